The molecule has 136 valence electrons. The number of nitrogens with zero attached hydrogens (tertiary/aromatic N) is 1. The van der Waals surface area contributed by atoms with Gasteiger partial charge in [0.05, 0.1) is 6.54 Å². The maximum atomic E-state index is 12.8. The average molecular weight is 343 g/mol. The number of benzene rings is 1. The molecule has 3 N–H and O–H groups in total. The van der Waals surface area contributed by atoms with Gasteiger partial charge in [-0.2, -0.15) is 0 Å². The SMILES string of the molecule is CN(CC(=O)NCc1ccccc1)C(=O)C1CC2CCCC(C1)C2N. The summed E-state index contributed by atoms with van der Waals surface area (Å²) < 4.78 is 0. The van der Waals surface area contributed by atoms with Crippen molar-refractivity contribution in [1.82, 2.24) is 10.2 Å². The first-order chi connectivity index (χ1) is 12.0. The number of hydrogen-bond donors (Lipinski definition) is 2. The Balaban J connectivity index is 1.48. The third kappa shape index (κ3) is 4.40. The predicted molar refractivity (Wildman–Crippen MR) is 97.5 cm³/mol. The summed E-state index contributed by atoms with van der Waals surface area (Å²) in [7, 11) is 1.73. The van der Waals surface area contributed by atoms with Gasteiger partial charge in [-0.15, -0.1) is 0 Å². The second-order valence-corrected chi connectivity index (χ2v) is 7.65. The quantitative estimate of drug-likeness (QED) is 0.857. The lowest BCUT2D eigenvalue weighted by molar-refractivity contribution is -0.140. The van der Waals surface area contributed by atoms with E-state index in [0.29, 0.717) is 18.4 Å². The van der Waals surface area contributed by atoms with Crippen LogP contribution >= 0.6 is 0 Å². The van der Waals surface area contributed by atoms with E-state index in [1.54, 1.807) is 11.9 Å². The Morgan fingerprint density at radius 2 is 1.80 bits per heavy atom. The van der Waals surface area contributed by atoms with Crippen molar-refractivity contribution in [3.8, 4) is 0 Å². The number of amides is 2. The maximum absolute atomic E-state index is 12.8. The molecule has 2 fully saturated rings. The summed E-state index contributed by atoms with van der Waals surface area (Å²) in [5, 5.41) is 2.88. The number of nitrogens with one attached hydrogen (secondary N) is 1. The molecule has 25 heavy (non-hydrogen) atoms. The second kappa shape index (κ2) is 8.00. The molecule has 0 heterocycles. The number of hydrogen-bond acceptors (Lipinski definition) is 3. The lowest BCUT2D eigenvalue weighted by Gasteiger charge is -2.44. The van der Waals surface area contributed by atoms with Gasteiger partial charge in [-0.3, -0.25) is 9.59 Å². The van der Waals surface area contributed by atoms with Gasteiger partial charge in [0.1, 0.15) is 0 Å². The first kappa shape index (κ1) is 17.9. The summed E-state index contributed by atoms with van der Waals surface area (Å²) in [6, 6.07) is 10.0. The second-order valence-electron chi connectivity index (χ2n) is 7.65. The molecule has 2 unspecified atom stereocenters. The van der Waals surface area contributed by atoms with Crippen molar-refractivity contribution in [3.05, 3.63) is 35.9 Å². The monoisotopic (exact) mass is 343 g/mol. The Morgan fingerprint density at radius 1 is 1.16 bits per heavy atom. The summed E-state index contributed by atoms with van der Waals surface area (Å²) in [6.07, 6.45) is 5.28. The van der Waals surface area contributed by atoms with Crippen LogP contribution in [0.2, 0.25) is 0 Å². The van der Waals surface area contributed by atoms with Gasteiger partial charge in [0.25, 0.3) is 0 Å². The number of fused-ring (bicyclic) bond motifs is 2. The third-order valence-corrected chi connectivity index (χ3v) is 5.85. The topological polar surface area (TPSA) is 75.4 Å². The van der Waals surface area contributed by atoms with E-state index in [9.17, 15) is 9.59 Å². The normalized spacial score (nSPS) is 28.2. The first-order valence-corrected chi connectivity index (χ1v) is 9.35. The van der Waals surface area contributed by atoms with Crippen molar-refractivity contribution < 1.29 is 9.59 Å². The van der Waals surface area contributed by atoms with Crippen LogP contribution in [0.5, 0.6) is 0 Å². The van der Waals surface area contributed by atoms with Crippen molar-refractivity contribution in [3.63, 3.8) is 0 Å². The molecule has 0 saturated heterocycles. The minimum Gasteiger partial charge on any atom is -0.350 e. The molecular formula is C20H29N3O2. The molecule has 2 amide bonds. The molecule has 0 aliphatic heterocycles. The average Bonchev–Trinajstić information content (AvgIpc) is 2.60. The molecule has 2 bridgehead atoms. The van der Waals surface area contributed by atoms with Crippen LogP contribution < -0.4 is 11.1 Å². The highest BCUT2D eigenvalue weighted by Crippen LogP contribution is 2.42. The number of likely N-dealkylation sites (N-methyl/N-ethyl adjacent to an activating group) is 1. The van der Waals surface area contributed by atoms with Gasteiger partial charge < -0.3 is 16.0 Å². The summed E-state index contributed by atoms with van der Waals surface area (Å²) in [5.41, 5.74) is 7.36. The van der Waals surface area contributed by atoms with E-state index < -0.39 is 0 Å². The van der Waals surface area contributed by atoms with E-state index >= 15 is 0 Å². The molecule has 2 atom stereocenters. The van der Waals surface area contributed by atoms with Crippen molar-refractivity contribution in [1.29, 1.82) is 0 Å². The number of nitrogens with two attached hydrogens (primary N) is 1. The van der Waals surface area contributed by atoms with Gasteiger partial charge in [0, 0.05) is 25.6 Å². The summed E-state index contributed by atoms with van der Waals surface area (Å²) in [4.78, 5) is 26.5. The zero-order valence-corrected chi connectivity index (χ0v) is 15.0. The van der Waals surface area contributed by atoms with Gasteiger partial charge in [-0.25, -0.2) is 0 Å². The summed E-state index contributed by atoms with van der Waals surface area (Å²) >= 11 is 0. The number of carbonyl (C=O) groups excluding carboxylic acids is 2. The summed E-state index contributed by atoms with van der Waals surface area (Å²) in [5.74, 6) is 0.955. The lowest BCUT2D eigenvalue weighted by Crippen LogP contribution is -2.50. The Kier molecular flexibility index (Phi) is 5.74. The Labute approximate surface area is 150 Å². The van der Waals surface area contributed by atoms with Crippen molar-refractivity contribution >= 4 is 11.8 Å². The molecule has 1 aromatic carbocycles. The largest absolute Gasteiger partial charge is 0.350 e. The van der Waals surface area contributed by atoms with E-state index in [0.717, 1.165) is 31.2 Å². The Bertz CT molecular complexity index is 590. The first-order valence-electron chi connectivity index (χ1n) is 9.35. The third-order valence-electron chi connectivity index (χ3n) is 5.85. The lowest BCUT2D eigenvalue weighted by atomic mass is 9.65. The molecule has 1 aromatic rings. The Morgan fingerprint density at radius 3 is 2.44 bits per heavy atom. The molecule has 2 aliphatic rings. The van der Waals surface area contributed by atoms with Crippen LogP contribution in [0.1, 0.15) is 37.7 Å². The highest BCUT2D eigenvalue weighted by molar-refractivity contribution is 5.85. The molecule has 2 aliphatic carbocycles. The zero-order valence-electron chi connectivity index (χ0n) is 15.0. The molecule has 0 spiro atoms. The predicted octanol–water partition coefficient (Wildman–Crippen LogP) is 1.91. The van der Waals surface area contributed by atoms with E-state index in [1.807, 2.05) is 30.3 Å². The van der Waals surface area contributed by atoms with Gasteiger partial charge in [0.15, 0.2) is 0 Å². The van der Waals surface area contributed by atoms with Crippen LogP contribution in [0.15, 0.2) is 30.3 Å². The number of rotatable bonds is 5. The zero-order chi connectivity index (χ0) is 17.8. The van der Waals surface area contributed by atoms with E-state index in [-0.39, 0.29) is 30.3 Å². The van der Waals surface area contributed by atoms with E-state index in [1.165, 1.54) is 6.42 Å². The Hall–Kier alpha value is -1.88. The molecule has 0 aromatic heterocycles. The fourth-order valence-corrected chi connectivity index (χ4v) is 4.45. The molecular weight excluding hydrogens is 314 g/mol. The fraction of sp³-hybridized carbons (Fsp3) is 0.600. The van der Waals surface area contributed by atoms with Crippen molar-refractivity contribution in [2.75, 3.05) is 13.6 Å². The van der Waals surface area contributed by atoms with Gasteiger partial charge in [-0.05, 0) is 43.1 Å². The van der Waals surface area contributed by atoms with Gasteiger partial charge in [-0.1, -0.05) is 36.8 Å². The highest BCUT2D eigenvalue weighted by Gasteiger charge is 2.41. The molecule has 0 radical (unpaired) electrons. The summed E-state index contributed by atoms with van der Waals surface area (Å²) in [6.45, 7) is 0.605. The van der Waals surface area contributed by atoms with Crippen LogP contribution in [0, 0.1) is 17.8 Å². The molecule has 2 saturated carbocycles. The smallest absolute Gasteiger partial charge is 0.239 e. The molecule has 3 rings (SSSR count). The van der Waals surface area contributed by atoms with Crippen LogP contribution in [0.25, 0.3) is 0 Å². The molecule has 5 heteroatoms. The van der Waals surface area contributed by atoms with Crippen LogP contribution in [-0.2, 0) is 16.1 Å². The fourth-order valence-electron chi connectivity index (χ4n) is 4.45. The minimum atomic E-state index is -0.118. The van der Waals surface area contributed by atoms with E-state index in [2.05, 4.69) is 5.32 Å². The van der Waals surface area contributed by atoms with Crippen LogP contribution in [-0.4, -0.2) is 36.3 Å². The molecule has 5 nitrogen and oxygen atoms in total. The standard InChI is InChI=1S/C20H29N3O2/c1-23(13-18(24)22-12-14-6-3-2-4-7-14)20(25)17-10-15-8-5-9-16(11-17)19(15)21/h2-4,6-7,15-17,19H,5,8-13,21H2,1H3,(H,22,24). The van der Waals surface area contributed by atoms with Gasteiger partial charge in [0.2, 0.25) is 11.8 Å². The number of carbonyl (C=O) groups is 2. The minimum absolute atomic E-state index is 0.0297. The maximum Gasteiger partial charge on any atom is 0.239 e. The van der Waals surface area contributed by atoms with Crippen LogP contribution in [0.3, 0.4) is 0 Å². The van der Waals surface area contributed by atoms with Gasteiger partial charge >= 0.3 is 0 Å². The highest BCUT2D eigenvalue weighted by atomic mass is 16.2. The van der Waals surface area contributed by atoms with Crippen molar-refractivity contribution in [2.24, 2.45) is 23.5 Å². The van der Waals surface area contributed by atoms with E-state index in [4.69, 9.17) is 5.73 Å². The van der Waals surface area contributed by atoms with Crippen molar-refractivity contribution in [2.45, 2.75) is 44.7 Å². The van der Waals surface area contributed by atoms with Crippen LogP contribution in [0.4, 0.5) is 0 Å².